The third-order valence-corrected chi connectivity index (χ3v) is 6.10. The molecule has 1 saturated carbocycles. The van der Waals surface area contributed by atoms with E-state index in [-0.39, 0.29) is 6.10 Å². The van der Waals surface area contributed by atoms with Crippen molar-refractivity contribution in [2.45, 2.75) is 51.2 Å². The molecule has 0 radical (unpaired) electrons. The Labute approximate surface area is 190 Å². The van der Waals surface area contributed by atoms with Crippen LogP contribution in [0.2, 0.25) is 0 Å². The monoisotopic (exact) mass is 441 g/mol. The zero-order valence-corrected chi connectivity index (χ0v) is 19.0. The summed E-state index contributed by atoms with van der Waals surface area (Å²) in [5, 5.41) is 6.93. The van der Waals surface area contributed by atoms with E-state index < -0.39 is 0 Å². The van der Waals surface area contributed by atoms with Crippen LogP contribution in [0.5, 0.6) is 11.5 Å². The number of hydrogen-bond acceptors (Lipinski definition) is 5. The molecule has 2 aliphatic rings. The Morgan fingerprint density at radius 3 is 2.78 bits per heavy atom. The Morgan fingerprint density at radius 1 is 1.12 bits per heavy atom. The molecule has 174 valence electrons. The van der Waals surface area contributed by atoms with Gasteiger partial charge in [-0.05, 0) is 50.3 Å². The third kappa shape index (κ3) is 6.42. The average molecular weight is 442 g/mol. The van der Waals surface area contributed by atoms with Gasteiger partial charge in [0.1, 0.15) is 5.76 Å². The van der Waals surface area contributed by atoms with Crippen LogP contribution in [0.4, 0.5) is 0 Å². The van der Waals surface area contributed by atoms with Crippen molar-refractivity contribution in [1.82, 2.24) is 10.6 Å². The summed E-state index contributed by atoms with van der Waals surface area (Å²) in [4.78, 5) is 4.87. The molecule has 4 rings (SSSR count). The number of benzene rings is 1. The maximum absolute atomic E-state index is 6.37. The molecule has 32 heavy (non-hydrogen) atoms. The van der Waals surface area contributed by atoms with Gasteiger partial charge >= 0.3 is 0 Å². The summed E-state index contributed by atoms with van der Waals surface area (Å²) in [5.74, 6) is 3.86. The molecular formula is C25H35N3O4. The molecule has 7 heteroatoms. The Kier molecular flexibility index (Phi) is 8.31. The second-order valence-electron chi connectivity index (χ2n) is 8.50. The van der Waals surface area contributed by atoms with Crippen molar-refractivity contribution in [3.8, 4) is 11.5 Å². The van der Waals surface area contributed by atoms with Gasteiger partial charge in [0.15, 0.2) is 17.5 Å². The van der Waals surface area contributed by atoms with Crippen LogP contribution in [-0.4, -0.2) is 45.5 Å². The fraction of sp³-hybridized carbons (Fsp3) is 0.560. The first-order valence-corrected chi connectivity index (χ1v) is 11.8. The fourth-order valence-electron chi connectivity index (χ4n) is 4.24. The van der Waals surface area contributed by atoms with Crippen LogP contribution in [0.3, 0.4) is 0 Å². The molecule has 1 aromatic carbocycles. The lowest BCUT2D eigenvalue weighted by molar-refractivity contribution is 0.186. The maximum atomic E-state index is 6.37. The molecule has 0 amide bonds. The summed E-state index contributed by atoms with van der Waals surface area (Å²) in [6.45, 7) is 3.75. The highest BCUT2D eigenvalue weighted by Gasteiger charge is 2.21. The molecule has 1 saturated heterocycles. The van der Waals surface area contributed by atoms with Crippen LogP contribution < -0.4 is 20.1 Å². The summed E-state index contributed by atoms with van der Waals surface area (Å²) in [7, 11) is 1.69. The largest absolute Gasteiger partial charge is 0.493 e. The van der Waals surface area contributed by atoms with Gasteiger partial charge in [-0.25, -0.2) is 4.99 Å². The number of nitrogens with zero attached hydrogens (tertiary/aromatic N) is 1. The first kappa shape index (κ1) is 22.5. The van der Waals surface area contributed by atoms with E-state index in [0.717, 1.165) is 80.8 Å². The summed E-state index contributed by atoms with van der Waals surface area (Å²) >= 11 is 0. The minimum Gasteiger partial charge on any atom is -0.493 e. The van der Waals surface area contributed by atoms with E-state index in [0.29, 0.717) is 12.5 Å². The molecule has 1 aliphatic carbocycles. The first-order valence-electron chi connectivity index (χ1n) is 11.8. The molecule has 0 bridgehead atoms. The van der Waals surface area contributed by atoms with Gasteiger partial charge < -0.3 is 29.3 Å². The highest BCUT2D eigenvalue weighted by atomic mass is 16.5. The van der Waals surface area contributed by atoms with Crippen LogP contribution in [0.15, 0.2) is 46.0 Å². The van der Waals surface area contributed by atoms with Crippen molar-refractivity contribution >= 4 is 5.96 Å². The van der Waals surface area contributed by atoms with Gasteiger partial charge in [-0.2, -0.15) is 0 Å². The van der Waals surface area contributed by atoms with E-state index in [9.17, 15) is 0 Å². The molecular weight excluding hydrogens is 406 g/mol. The highest BCUT2D eigenvalue weighted by molar-refractivity contribution is 5.79. The normalized spacial score (nSPS) is 19.3. The Hall–Kier alpha value is -2.67. The number of ether oxygens (including phenoxy) is 3. The SMILES string of the molecule is COc1cccc(CN=C(NCCc2ccco2)NCC2CCOC2)c1OC1CCCC1. The second-order valence-corrected chi connectivity index (χ2v) is 8.50. The van der Waals surface area contributed by atoms with E-state index in [1.54, 1.807) is 13.4 Å². The van der Waals surface area contributed by atoms with Crippen molar-refractivity contribution in [1.29, 1.82) is 0 Å². The number of methoxy groups -OCH3 is 1. The predicted molar refractivity (Wildman–Crippen MR) is 124 cm³/mol. The summed E-state index contributed by atoms with van der Waals surface area (Å²) in [5.41, 5.74) is 1.03. The van der Waals surface area contributed by atoms with Crippen molar-refractivity contribution in [2.75, 3.05) is 33.4 Å². The van der Waals surface area contributed by atoms with Crippen LogP contribution in [-0.2, 0) is 17.7 Å². The van der Waals surface area contributed by atoms with E-state index in [1.807, 2.05) is 24.3 Å². The number of rotatable bonds is 10. The molecule has 7 nitrogen and oxygen atoms in total. The van der Waals surface area contributed by atoms with Gasteiger partial charge in [0.05, 0.1) is 32.6 Å². The molecule has 1 atom stereocenters. The first-order chi connectivity index (χ1) is 15.8. The molecule has 2 heterocycles. The summed E-state index contributed by atoms with van der Waals surface area (Å²) in [6, 6.07) is 9.93. The molecule has 0 spiro atoms. The highest BCUT2D eigenvalue weighted by Crippen LogP contribution is 2.35. The Bertz CT molecular complexity index is 841. The predicted octanol–water partition coefficient (Wildman–Crippen LogP) is 3.92. The quantitative estimate of drug-likeness (QED) is 0.430. The summed E-state index contributed by atoms with van der Waals surface area (Å²) < 4.78 is 22.9. The summed E-state index contributed by atoms with van der Waals surface area (Å²) in [6.07, 6.45) is 8.52. The van der Waals surface area contributed by atoms with Crippen molar-refractivity contribution < 1.29 is 18.6 Å². The maximum Gasteiger partial charge on any atom is 0.191 e. The van der Waals surface area contributed by atoms with Crippen LogP contribution in [0, 0.1) is 5.92 Å². The zero-order valence-electron chi connectivity index (χ0n) is 19.0. The number of guanidine groups is 1. The molecule has 2 fully saturated rings. The van der Waals surface area contributed by atoms with E-state index in [4.69, 9.17) is 23.6 Å². The lowest BCUT2D eigenvalue weighted by Gasteiger charge is -2.19. The third-order valence-electron chi connectivity index (χ3n) is 6.10. The Balaban J connectivity index is 1.43. The number of furan rings is 1. The zero-order chi connectivity index (χ0) is 22.0. The minimum atomic E-state index is 0.264. The van der Waals surface area contributed by atoms with Gasteiger partial charge in [0.2, 0.25) is 0 Å². The van der Waals surface area contributed by atoms with Crippen LogP contribution >= 0.6 is 0 Å². The van der Waals surface area contributed by atoms with Gasteiger partial charge in [-0.15, -0.1) is 0 Å². The van der Waals surface area contributed by atoms with Gasteiger partial charge in [-0.3, -0.25) is 0 Å². The van der Waals surface area contributed by atoms with Crippen molar-refractivity contribution in [2.24, 2.45) is 10.9 Å². The molecule has 1 aliphatic heterocycles. The number of para-hydroxylation sites is 1. The average Bonchev–Trinajstić information content (AvgIpc) is 3.60. The molecule has 1 aromatic heterocycles. The van der Waals surface area contributed by atoms with Gasteiger partial charge in [-0.1, -0.05) is 12.1 Å². The lowest BCUT2D eigenvalue weighted by atomic mass is 10.1. The van der Waals surface area contributed by atoms with Crippen molar-refractivity contribution in [3.63, 3.8) is 0 Å². The number of nitrogens with one attached hydrogen (secondary N) is 2. The smallest absolute Gasteiger partial charge is 0.191 e. The van der Waals surface area contributed by atoms with Gasteiger partial charge in [0, 0.05) is 37.6 Å². The van der Waals surface area contributed by atoms with E-state index >= 15 is 0 Å². The number of hydrogen-bond donors (Lipinski definition) is 2. The minimum absolute atomic E-state index is 0.264. The topological polar surface area (TPSA) is 77.2 Å². The molecule has 2 N–H and O–H groups in total. The van der Waals surface area contributed by atoms with Gasteiger partial charge in [0.25, 0.3) is 0 Å². The van der Waals surface area contributed by atoms with E-state index in [1.165, 1.54) is 12.8 Å². The van der Waals surface area contributed by atoms with Crippen LogP contribution in [0.25, 0.3) is 0 Å². The number of aliphatic imine (C=N–C) groups is 1. The fourth-order valence-corrected chi connectivity index (χ4v) is 4.24. The lowest BCUT2D eigenvalue weighted by Crippen LogP contribution is -2.41. The second kappa shape index (κ2) is 11.8. The standard InChI is InChI=1S/C25H35N3O4/c1-29-23-10-4-6-20(24(23)32-22-7-2-3-8-22)17-28-25(27-16-19-12-15-30-18-19)26-13-11-21-9-5-14-31-21/h4-6,9-10,14,19,22H,2-3,7-8,11-13,15-18H2,1H3,(H2,26,27,28). The molecule has 2 aromatic rings. The Morgan fingerprint density at radius 2 is 2.03 bits per heavy atom. The van der Waals surface area contributed by atoms with Crippen LogP contribution in [0.1, 0.15) is 43.4 Å². The molecule has 1 unspecified atom stereocenters. The van der Waals surface area contributed by atoms with Crippen molar-refractivity contribution in [3.05, 3.63) is 47.9 Å². The van der Waals surface area contributed by atoms with E-state index in [2.05, 4.69) is 16.7 Å².